The first kappa shape index (κ1) is 15.3. The lowest BCUT2D eigenvalue weighted by Gasteiger charge is -2.30. The van der Waals surface area contributed by atoms with Gasteiger partial charge in [0.15, 0.2) is 0 Å². The van der Waals surface area contributed by atoms with Gasteiger partial charge < -0.3 is 15.2 Å². The van der Waals surface area contributed by atoms with Gasteiger partial charge in [-0.15, -0.1) is 0 Å². The van der Waals surface area contributed by atoms with Crippen LogP contribution in [-0.2, 0) is 11.2 Å². The highest BCUT2D eigenvalue weighted by atomic mass is 16.5. The lowest BCUT2D eigenvalue weighted by atomic mass is 9.85. The lowest BCUT2D eigenvalue weighted by molar-refractivity contribution is -0.122. The molecule has 1 aromatic carbocycles. The van der Waals surface area contributed by atoms with E-state index in [-0.39, 0.29) is 24.5 Å². The number of aliphatic hydroxyl groups excluding tert-OH is 1. The second kappa shape index (κ2) is 6.29. The molecule has 0 spiro atoms. The van der Waals surface area contributed by atoms with Crippen molar-refractivity contribution in [3.8, 4) is 5.75 Å². The number of aliphatic hydroxyl groups is 1. The zero-order chi connectivity index (χ0) is 15.7. The predicted molar refractivity (Wildman–Crippen MR) is 84.8 cm³/mol. The molecule has 4 atom stereocenters. The fourth-order valence-electron chi connectivity index (χ4n) is 4.29. The zero-order valence-corrected chi connectivity index (χ0v) is 13.3. The minimum Gasteiger partial charge on any atom is -0.496 e. The standard InChI is InChI=1S/C18H25NO3/c1-11-3-4-12(7-16(11)22-2)8-17(21)19-18-14-6-5-13(9-14)15(18)10-20/h3-4,7,13-15,18,20H,5-6,8-10H2,1-2H3,(H,19,21). The van der Waals surface area contributed by atoms with Crippen LogP contribution in [0.2, 0.25) is 0 Å². The van der Waals surface area contributed by atoms with E-state index in [9.17, 15) is 9.90 Å². The second-order valence-corrected chi connectivity index (χ2v) is 6.75. The van der Waals surface area contributed by atoms with E-state index in [1.54, 1.807) is 7.11 Å². The van der Waals surface area contributed by atoms with Gasteiger partial charge in [-0.1, -0.05) is 12.1 Å². The summed E-state index contributed by atoms with van der Waals surface area (Å²) in [5.74, 6) is 2.26. The van der Waals surface area contributed by atoms with Crippen molar-refractivity contribution in [1.82, 2.24) is 5.32 Å². The molecule has 3 rings (SSSR count). The minimum absolute atomic E-state index is 0.0434. The number of amides is 1. The first-order chi connectivity index (χ1) is 10.6. The van der Waals surface area contributed by atoms with Crippen LogP contribution in [0.4, 0.5) is 0 Å². The maximum atomic E-state index is 12.4. The minimum atomic E-state index is 0.0434. The molecule has 2 aliphatic carbocycles. The molecular weight excluding hydrogens is 278 g/mol. The number of fused-ring (bicyclic) bond motifs is 2. The number of benzene rings is 1. The van der Waals surface area contributed by atoms with E-state index in [2.05, 4.69) is 5.32 Å². The summed E-state index contributed by atoms with van der Waals surface area (Å²) in [5.41, 5.74) is 2.03. The smallest absolute Gasteiger partial charge is 0.224 e. The van der Waals surface area contributed by atoms with Crippen LogP contribution in [0.3, 0.4) is 0 Å². The monoisotopic (exact) mass is 303 g/mol. The number of methoxy groups -OCH3 is 1. The average molecular weight is 303 g/mol. The first-order valence-corrected chi connectivity index (χ1v) is 8.16. The highest BCUT2D eigenvalue weighted by Gasteiger charge is 2.47. The molecule has 2 bridgehead atoms. The van der Waals surface area contributed by atoms with Crippen LogP contribution in [0.25, 0.3) is 0 Å². The van der Waals surface area contributed by atoms with Crippen LogP contribution in [0.5, 0.6) is 5.75 Å². The van der Waals surface area contributed by atoms with Gasteiger partial charge in [-0.2, -0.15) is 0 Å². The topological polar surface area (TPSA) is 58.6 Å². The number of carbonyl (C=O) groups is 1. The number of ether oxygens (including phenoxy) is 1. The van der Waals surface area contributed by atoms with Crippen LogP contribution in [0, 0.1) is 24.7 Å². The van der Waals surface area contributed by atoms with Crippen molar-refractivity contribution in [3.63, 3.8) is 0 Å². The Hall–Kier alpha value is -1.55. The molecule has 4 unspecified atom stereocenters. The Morgan fingerprint density at radius 1 is 1.36 bits per heavy atom. The Morgan fingerprint density at radius 2 is 2.14 bits per heavy atom. The third kappa shape index (κ3) is 2.84. The van der Waals surface area contributed by atoms with Crippen LogP contribution >= 0.6 is 0 Å². The van der Waals surface area contributed by atoms with Gasteiger partial charge in [-0.3, -0.25) is 4.79 Å². The Morgan fingerprint density at radius 3 is 2.86 bits per heavy atom. The summed E-state index contributed by atoms with van der Waals surface area (Å²) >= 11 is 0. The van der Waals surface area contributed by atoms with E-state index in [1.165, 1.54) is 12.8 Å². The van der Waals surface area contributed by atoms with Crippen LogP contribution in [0.1, 0.15) is 30.4 Å². The third-order valence-corrected chi connectivity index (χ3v) is 5.46. The summed E-state index contributed by atoms with van der Waals surface area (Å²) in [6.07, 6.45) is 3.92. The number of aryl methyl sites for hydroxylation is 1. The van der Waals surface area contributed by atoms with Crippen molar-refractivity contribution in [1.29, 1.82) is 0 Å². The quantitative estimate of drug-likeness (QED) is 0.875. The number of carbonyl (C=O) groups excluding carboxylic acids is 1. The van der Waals surface area contributed by atoms with Gasteiger partial charge in [0.1, 0.15) is 5.75 Å². The SMILES string of the molecule is COc1cc(CC(=O)NC2C3CCC(C3)C2CO)ccc1C. The Bertz CT molecular complexity index is 557. The maximum absolute atomic E-state index is 12.4. The summed E-state index contributed by atoms with van der Waals surface area (Å²) in [4.78, 5) is 12.4. The maximum Gasteiger partial charge on any atom is 0.224 e. The van der Waals surface area contributed by atoms with Crippen molar-refractivity contribution in [2.75, 3.05) is 13.7 Å². The average Bonchev–Trinajstić information content (AvgIpc) is 3.10. The van der Waals surface area contributed by atoms with Crippen LogP contribution < -0.4 is 10.1 Å². The molecule has 0 saturated heterocycles. The van der Waals surface area contributed by atoms with Gasteiger partial charge in [0.05, 0.1) is 13.5 Å². The number of rotatable bonds is 5. The Kier molecular flexibility index (Phi) is 4.39. The van der Waals surface area contributed by atoms with E-state index in [0.717, 1.165) is 23.3 Å². The van der Waals surface area contributed by atoms with Crippen molar-refractivity contribution in [2.45, 2.75) is 38.6 Å². The highest BCUT2D eigenvalue weighted by molar-refractivity contribution is 5.79. The summed E-state index contributed by atoms with van der Waals surface area (Å²) in [5, 5.41) is 12.8. The Balaban J connectivity index is 1.63. The largest absolute Gasteiger partial charge is 0.496 e. The number of hydrogen-bond donors (Lipinski definition) is 2. The molecule has 2 fully saturated rings. The molecule has 0 aliphatic heterocycles. The van der Waals surface area contributed by atoms with Crippen LogP contribution in [0.15, 0.2) is 18.2 Å². The van der Waals surface area contributed by atoms with Gasteiger partial charge in [0.2, 0.25) is 5.91 Å². The molecule has 4 heteroatoms. The van der Waals surface area contributed by atoms with Gasteiger partial charge in [-0.25, -0.2) is 0 Å². The van der Waals surface area contributed by atoms with Crippen molar-refractivity contribution >= 4 is 5.91 Å². The van der Waals surface area contributed by atoms with E-state index >= 15 is 0 Å². The molecule has 0 radical (unpaired) electrons. The molecule has 0 aromatic heterocycles. The second-order valence-electron chi connectivity index (χ2n) is 6.75. The molecule has 1 aromatic rings. The van der Waals surface area contributed by atoms with Crippen molar-refractivity contribution in [2.24, 2.45) is 17.8 Å². The summed E-state index contributed by atoms with van der Waals surface area (Å²) in [7, 11) is 1.65. The van der Waals surface area contributed by atoms with Crippen LogP contribution in [-0.4, -0.2) is 30.8 Å². The predicted octanol–water partition coefficient (Wildman–Crippen LogP) is 2.07. The summed E-state index contributed by atoms with van der Waals surface area (Å²) < 4.78 is 5.31. The molecule has 120 valence electrons. The van der Waals surface area contributed by atoms with Gasteiger partial charge >= 0.3 is 0 Å². The molecule has 2 saturated carbocycles. The fourth-order valence-corrected chi connectivity index (χ4v) is 4.29. The zero-order valence-electron chi connectivity index (χ0n) is 13.3. The molecule has 2 aliphatic rings. The fraction of sp³-hybridized carbons (Fsp3) is 0.611. The molecular formula is C18H25NO3. The van der Waals surface area contributed by atoms with Gasteiger partial charge in [-0.05, 0) is 55.2 Å². The summed E-state index contributed by atoms with van der Waals surface area (Å²) in [6, 6.07) is 6.04. The molecule has 0 heterocycles. The van der Waals surface area contributed by atoms with E-state index in [4.69, 9.17) is 4.74 Å². The van der Waals surface area contributed by atoms with Crippen molar-refractivity contribution in [3.05, 3.63) is 29.3 Å². The lowest BCUT2D eigenvalue weighted by Crippen LogP contribution is -2.45. The molecule has 4 nitrogen and oxygen atoms in total. The number of hydrogen-bond acceptors (Lipinski definition) is 3. The van der Waals surface area contributed by atoms with E-state index < -0.39 is 0 Å². The molecule has 1 amide bonds. The number of nitrogens with one attached hydrogen (secondary N) is 1. The normalized spacial score (nSPS) is 29.6. The summed E-state index contributed by atoms with van der Waals surface area (Å²) in [6.45, 7) is 2.17. The van der Waals surface area contributed by atoms with E-state index in [0.29, 0.717) is 18.3 Å². The van der Waals surface area contributed by atoms with E-state index in [1.807, 2.05) is 25.1 Å². The van der Waals surface area contributed by atoms with Crippen molar-refractivity contribution < 1.29 is 14.6 Å². The third-order valence-electron chi connectivity index (χ3n) is 5.46. The first-order valence-electron chi connectivity index (χ1n) is 8.16. The molecule has 2 N–H and O–H groups in total. The Labute approximate surface area is 131 Å². The van der Waals surface area contributed by atoms with Gasteiger partial charge in [0, 0.05) is 18.6 Å². The highest BCUT2D eigenvalue weighted by Crippen LogP contribution is 2.48. The van der Waals surface area contributed by atoms with Gasteiger partial charge in [0.25, 0.3) is 0 Å². The molecule has 22 heavy (non-hydrogen) atoms.